The summed E-state index contributed by atoms with van der Waals surface area (Å²) >= 11 is 0. The molecule has 104 valence electrons. The molecule has 0 aromatic carbocycles. The lowest BCUT2D eigenvalue weighted by molar-refractivity contribution is -0.122. The number of hydrogen-bond donors (Lipinski definition) is 1. The second kappa shape index (κ2) is 7.28. The summed E-state index contributed by atoms with van der Waals surface area (Å²) in [5.41, 5.74) is 0.0564. The van der Waals surface area contributed by atoms with Crippen LogP contribution >= 0.6 is 8.86 Å². The molecule has 1 aliphatic carbocycles. The first-order valence-corrected chi connectivity index (χ1v) is 7.81. The van der Waals surface area contributed by atoms with Crippen LogP contribution in [0.15, 0.2) is 0 Å². The van der Waals surface area contributed by atoms with Crippen molar-refractivity contribution in [2.45, 2.75) is 71.8 Å². The quantitative estimate of drug-likeness (QED) is 0.610. The first-order chi connectivity index (χ1) is 8.43. The Bertz CT molecular complexity index is 275. The Labute approximate surface area is 114 Å². The van der Waals surface area contributed by atoms with Gasteiger partial charge in [-0.15, -0.1) is 8.86 Å². The smallest absolute Gasteiger partial charge is 0.220 e. The molecule has 3 heteroatoms. The largest absolute Gasteiger partial charge is 0.349 e. The molecule has 1 amide bonds. The summed E-state index contributed by atoms with van der Waals surface area (Å²) in [5, 5.41) is 3.13. The molecule has 0 radical (unpaired) electrons. The molecule has 2 nitrogen and oxygen atoms in total. The SMILES string of the molecule is CC(C)(C)C(C=P)NC(=O)CC1CCCCCC1. The van der Waals surface area contributed by atoms with E-state index in [0.717, 1.165) is 0 Å². The van der Waals surface area contributed by atoms with Gasteiger partial charge in [-0.25, -0.2) is 0 Å². The van der Waals surface area contributed by atoms with Crippen molar-refractivity contribution < 1.29 is 4.79 Å². The fourth-order valence-corrected chi connectivity index (χ4v) is 3.15. The van der Waals surface area contributed by atoms with E-state index in [1.165, 1.54) is 38.5 Å². The number of rotatable bonds is 4. The van der Waals surface area contributed by atoms with Gasteiger partial charge < -0.3 is 5.32 Å². The van der Waals surface area contributed by atoms with Crippen LogP contribution in [0.5, 0.6) is 0 Å². The van der Waals surface area contributed by atoms with Gasteiger partial charge in [0.1, 0.15) is 0 Å². The maximum absolute atomic E-state index is 12.1. The van der Waals surface area contributed by atoms with Crippen molar-refractivity contribution in [1.82, 2.24) is 5.32 Å². The summed E-state index contributed by atoms with van der Waals surface area (Å²) in [7, 11) is 3.43. The molecule has 0 saturated heterocycles. The highest BCUT2D eigenvalue weighted by atomic mass is 31.0. The zero-order chi connectivity index (χ0) is 13.6. The van der Waals surface area contributed by atoms with Crippen LogP contribution < -0.4 is 5.32 Å². The average molecular weight is 269 g/mol. The van der Waals surface area contributed by atoms with Crippen LogP contribution in [0.2, 0.25) is 0 Å². The van der Waals surface area contributed by atoms with Crippen molar-refractivity contribution in [3.63, 3.8) is 0 Å². The van der Waals surface area contributed by atoms with E-state index in [9.17, 15) is 4.79 Å². The van der Waals surface area contributed by atoms with E-state index in [0.29, 0.717) is 12.3 Å². The number of nitrogens with one attached hydrogen (secondary N) is 1. The molecule has 1 aliphatic rings. The van der Waals surface area contributed by atoms with E-state index < -0.39 is 0 Å². The minimum absolute atomic E-state index is 0.0564. The lowest BCUT2D eigenvalue weighted by atomic mass is 9.87. The van der Waals surface area contributed by atoms with E-state index >= 15 is 0 Å². The third-order valence-corrected chi connectivity index (χ3v) is 4.20. The molecule has 0 aliphatic heterocycles. The van der Waals surface area contributed by atoms with Crippen molar-refractivity contribution >= 4 is 20.6 Å². The van der Waals surface area contributed by atoms with E-state index in [2.05, 4.69) is 35.0 Å². The van der Waals surface area contributed by atoms with Crippen LogP contribution in [0.3, 0.4) is 0 Å². The summed E-state index contributed by atoms with van der Waals surface area (Å²) in [4.78, 5) is 12.1. The van der Waals surface area contributed by atoms with Crippen molar-refractivity contribution in [2.75, 3.05) is 0 Å². The molecule has 1 saturated carbocycles. The van der Waals surface area contributed by atoms with E-state index in [1.54, 1.807) is 0 Å². The Balaban J connectivity index is 2.42. The highest BCUT2D eigenvalue weighted by Gasteiger charge is 2.24. The molecule has 1 atom stereocenters. The fraction of sp³-hybridized carbons (Fsp3) is 0.867. The fourth-order valence-electron chi connectivity index (χ4n) is 2.57. The number of carbonyl (C=O) groups is 1. The van der Waals surface area contributed by atoms with Gasteiger partial charge in [0.25, 0.3) is 0 Å². The standard InChI is InChI=1S/C15H28NOP/c1-15(2,3)13(11-18)16-14(17)10-12-8-6-4-5-7-9-12/h11-13,18H,4-10H2,1-3H3,(H,16,17). The predicted octanol–water partition coefficient (Wildman–Crippen LogP) is 3.82. The third kappa shape index (κ3) is 5.52. The topological polar surface area (TPSA) is 29.1 Å². The van der Waals surface area contributed by atoms with Crippen LogP contribution in [-0.2, 0) is 4.79 Å². The summed E-state index contributed by atoms with van der Waals surface area (Å²) in [6.45, 7) is 6.42. The van der Waals surface area contributed by atoms with E-state index in [4.69, 9.17) is 0 Å². The molecular formula is C15H28NOP. The third-order valence-electron chi connectivity index (χ3n) is 3.86. The minimum atomic E-state index is 0.0564. The maximum atomic E-state index is 12.1. The zero-order valence-electron chi connectivity index (χ0n) is 12.1. The molecule has 0 spiro atoms. The average Bonchev–Trinajstić information content (AvgIpc) is 2.52. The molecule has 0 bridgehead atoms. The highest BCUT2D eigenvalue weighted by molar-refractivity contribution is 7.18. The van der Waals surface area contributed by atoms with Crippen molar-refractivity contribution in [2.24, 2.45) is 11.3 Å². The maximum Gasteiger partial charge on any atom is 0.220 e. The van der Waals surface area contributed by atoms with Crippen molar-refractivity contribution in [1.29, 1.82) is 0 Å². The lowest BCUT2D eigenvalue weighted by Gasteiger charge is -2.29. The van der Waals surface area contributed by atoms with Gasteiger partial charge in [0.05, 0.1) is 6.04 Å². The van der Waals surface area contributed by atoms with E-state index in [1.807, 2.05) is 5.80 Å². The zero-order valence-corrected chi connectivity index (χ0v) is 13.1. The second-order valence-corrected chi connectivity index (χ2v) is 6.97. The van der Waals surface area contributed by atoms with Crippen molar-refractivity contribution in [3.8, 4) is 0 Å². The van der Waals surface area contributed by atoms with Crippen LogP contribution in [0.1, 0.15) is 65.7 Å². The summed E-state index contributed by atoms with van der Waals surface area (Å²) < 4.78 is 0. The molecule has 0 aromatic heterocycles. The Hall–Kier alpha value is -0.360. The Morgan fingerprint density at radius 1 is 1.28 bits per heavy atom. The molecule has 0 heterocycles. The lowest BCUT2D eigenvalue weighted by Crippen LogP contribution is -2.44. The van der Waals surface area contributed by atoms with Crippen molar-refractivity contribution in [3.05, 3.63) is 0 Å². The first kappa shape index (κ1) is 15.7. The van der Waals surface area contributed by atoms with Gasteiger partial charge in [-0.2, -0.15) is 0 Å². The Kier molecular flexibility index (Phi) is 6.35. The molecule has 0 aromatic rings. The molecule has 1 fully saturated rings. The van der Waals surface area contributed by atoms with Crippen LogP contribution in [-0.4, -0.2) is 17.7 Å². The summed E-state index contributed by atoms with van der Waals surface area (Å²) in [6, 6.07) is 0.0902. The number of carbonyl (C=O) groups excluding carboxylic acids is 1. The molecule has 1 rings (SSSR count). The summed E-state index contributed by atoms with van der Waals surface area (Å²) in [6.07, 6.45) is 8.44. The number of hydrogen-bond acceptors (Lipinski definition) is 1. The Morgan fingerprint density at radius 3 is 2.28 bits per heavy atom. The van der Waals surface area contributed by atoms with Gasteiger partial charge in [-0.1, -0.05) is 46.5 Å². The predicted molar refractivity (Wildman–Crippen MR) is 81.6 cm³/mol. The molecule has 18 heavy (non-hydrogen) atoms. The van der Waals surface area contributed by atoms with Gasteiger partial charge in [-0.05, 0) is 30.0 Å². The molecule has 1 unspecified atom stereocenters. The van der Waals surface area contributed by atoms with Gasteiger partial charge >= 0.3 is 0 Å². The van der Waals surface area contributed by atoms with Crippen LogP contribution in [0, 0.1) is 11.3 Å². The Morgan fingerprint density at radius 2 is 1.83 bits per heavy atom. The van der Waals surface area contributed by atoms with E-state index in [-0.39, 0.29) is 17.4 Å². The van der Waals surface area contributed by atoms with Gasteiger partial charge in [0.2, 0.25) is 5.91 Å². The summed E-state index contributed by atoms with van der Waals surface area (Å²) in [5.74, 6) is 2.71. The normalized spacial score (nSPS) is 19.9. The van der Waals surface area contributed by atoms with Gasteiger partial charge in [0.15, 0.2) is 0 Å². The van der Waals surface area contributed by atoms with Gasteiger partial charge in [-0.3, -0.25) is 4.79 Å². The minimum Gasteiger partial charge on any atom is -0.349 e. The van der Waals surface area contributed by atoms with Crippen LogP contribution in [0.4, 0.5) is 0 Å². The number of amides is 1. The first-order valence-electron chi connectivity index (χ1n) is 7.23. The second-order valence-electron chi connectivity index (χ2n) is 6.64. The van der Waals surface area contributed by atoms with Crippen LogP contribution in [0.25, 0.3) is 0 Å². The molecule has 1 N–H and O–H groups in total. The molecular weight excluding hydrogens is 241 g/mol. The monoisotopic (exact) mass is 269 g/mol. The highest BCUT2D eigenvalue weighted by Crippen LogP contribution is 2.26. The van der Waals surface area contributed by atoms with Gasteiger partial charge in [0, 0.05) is 6.42 Å².